The van der Waals surface area contributed by atoms with Crippen molar-refractivity contribution in [2.75, 3.05) is 16.0 Å². The second-order valence-electron chi connectivity index (χ2n) is 6.91. The van der Waals surface area contributed by atoms with Crippen LogP contribution in [0.4, 0.5) is 35.0 Å². The average Bonchev–Trinajstić information content (AvgIpc) is 2.76. The second kappa shape index (κ2) is 10.6. The van der Waals surface area contributed by atoms with Crippen LogP contribution in [0.25, 0.3) is 0 Å². The first-order chi connectivity index (χ1) is 15.6. The molecule has 0 spiro atoms. The van der Waals surface area contributed by atoms with Gasteiger partial charge in [0.25, 0.3) is 0 Å². The molecule has 3 aromatic rings. The molecule has 0 aliphatic rings. The Bertz CT molecular complexity index is 1130. The predicted molar refractivity (Wildman–Crippen MR) is 126 cm³/mol. The number of amides is 3. The van der Waals surface area contributed by atoms with E-state index in [1.807, 2.05) is 6.07 Å². The van der Waals surface area contributed by atoms with Crippen molar-refractivity contribution in [3.8, 4) is 0 Å². The van der Waals surface area contributed by atoms with Crippen LogP contribution in [0.3, 0.4) is 0 Å². The van der Waals surface area contributed by atoms with Crippen LogP contribution >= 0.6 is 23.4 Å². The van der Waals surface area contributed by atoms with Crippen molar-refractivity contribution in [1.82, 2.24) is 0 Å². The van der Waals surface area contributed by atoms with E-state index in [1.54, 1.807) is 55.5 Å². The average molecular weight is 494 g/mol. The maximum atomic E-state index is 12.9. The van der Waals surface area contributed by atoms with Crippen LogP contribution in [0.2, 0.25) is 5.02 Å². The maximum Gasteiger partial charge on any atom is 0.416 e. The number of carbonyl (C=O) groups excluding carboxylic acids is 2. The molecule has 0 saturated carbocycles. The van der Waals surface area contributed by atoms with E-state index in [0.717, 1.165) is 23.1 Å². The maximum absolute atomic E-state index is 12.9. The summed E-state index contributed by atoms with van der Waals surface area (Å²) in [5.74, 6) is -0.495. The molecule has 172 valence electrons. The first-order valence-corrected chi connectivity index (χ1v) is 10.9. The van der Waals surface area contributed by atoms with Gasteiger partial charge in [0.15, 0.2) is 0 Å². The van der Waals surface area contributed by atoms with Crippen LogP contribution in [0, 0.1) is 0 Å². The molecule has 0 aromatic heterocycles. The zero-order valence-corrected chi connectivity index (χ0v) is 18.8. The minimum Gasteiger partial charge on any atom is -0.324 e. The van der Waals surface area contributed by atoms with E-state index in [0.29, 0.717) is 11.4 Å². The molecule has 0 heterocycles. The highest BCUT2D eigenvalue weighted by Crippen LogP contribution is 2.34. The van der Waals surface area contributed by atoms with Crippen molar-refractivity contribution in [3.63, 3.8) is 0 Å². The molecule has 3 amide bonds. The number of rotatable bonds is 6. The molecule has 0 aliphatic carbocycles. The normalized spacial score (nSPS) is 12.0. The lowest BCUT2D eigenvalue weighted by Crippen LogP contribution is -2.23. The van der Waals surface area contributed by atoms with Gasteiger partial charge in [-0.2, -0.15) is 13.2 Å². The molecule has 0 bridgehead atoms. The molecule has 3 aromatic carbocycles. The van der Waals surface area contributed by atoms with Gasteiger partial charge in [0, 0.05) is 16.3 Å². The Morgan fingerprint density at radius 1 is 0.879 bits per heavy atom. The number of urea groups is 1. The van der Waals surface area contributed by atoms with Crippen molar-refractivity contribution in [2.45, 2.75) is 23.2 Å². The smallest absolute Gasteiger partial charge is 0.324 e. The lowest BCUT2D eigenvalue weighted by Gasteiger charge is -2.15. The number of para-hydroxylation sites is 1. The van der Waals surface area contributed by atoms with Crippen molar-refractivity contribution in [3.05, 3.63) is 83.4 Å². The number of hydrogen-bond donors (Lipinski definition) is 3. The van der Waals surface area contributed by atoms with Crippen LogP contribution in [0.5, 0.6) is 0 Å². The third-order valence-corrected chi connectivity index (χ3v) is 5.82. The lowest BCUT2D eigenvalue weighted by atomic mass is 10.2. The van der Waals surface area contributed by atoms with Gasteiger partial charge in [-0.25, -0.2) is 4.79 Å². The Kier molecular flexibility index (Phi) is 7.88. The molecular formula is C23H19ClF3N3O2S. The Morgan fingerprint density at radius 2 is 1.48 bits per heavy atom. The topological polar surface area (TPSA) is 70.2 Å². The number of carbonyl (C=O) groups is 2. The lowest BCUT2D eigenvalue weighted by molar-refractivity contribution is -0.137. The Hall–Kier alpha value is -3.17. The van der Waals surface area contributed by atoms with Gasteiger partial charge < -0.3 is 16.0 Å². The van der Waals surface area contributed by atoms with Crippen LogP contribution in [0.1, 0.15) is 12.5 Å². The van der Waals surface area contributed by atoms with E-state index in [4.69, 9.17) is 11.6 Å². The van der Waals surface area contributed by atoms with Crippen LogP contribution in [0.15, 0.2) is 77.7 Å². The van der Waals surface area contributed by atoms with E-state index in [-0.39, 0.29) is 10.7 Å². The van der Waals surface area contributed by atoms with Gasteiger partial charge in [-0.3, -0.25) is 4.79 Å². The van der Waals surface area contributed by atoms with Crippen LogP contribution < -0.4 is 16.0 Å². The van der Waals surface area contributed by atoms with Gasteiger partial charge in [0.2, 0.25) is 5.91 Å². The van der Waals surface area contributed by atoms with Crippen molar-refractivity contribution < 1.29 is 22.8 Å². The van der Waals surface area contributed by atoms with Crippen molar-refractivity contribution in [2.24, 2.45) is 0 Å². The van der Waals surface area contributed by atoms with E-state index in [1.165, 1.54) is 11.8 Å². The summed E-state index contributed by atoms with van der Waals surface area (Å²) in [5, 5.41) is 7.25. The van der Waals surface area contributed by atoms with Crippen molar-refractivity contribution in [1.29, 1.82) is 0 Å². The summed E-state index contributed by atoms with van der Waals surface area (Å²) in [7, 11) is 0. The quantitative estimate of drug-likeness (QED) is 0.320. The molecular weight excluding hydrogens is 475 g/mol. The van der Waals surface area contributed by atoms with Gasteiger partial charge in [0.05, 0.1) is 21.5 Å². The van der Waals surface area contributed by atoms with E-state index >= 15 is 0 Å². The fraction of sp³-hybridized carbons (Fsp3) is 0.130. The number of halogens is 4. The first kappa shape index (κ1) is 24.5. The Morgan fingerprint density at radius 3 is 2.09 bits per heavy atom. The van der Waals surface area contributed by atoms with E-state index in [2.05, 4.69) is 16.0 Å². The summed E-state index contributed by atoms with van der Waals surface area (Å²) in [4.78, 5) is 25.3. The van der Waals surface area contributed by atoms with Crippen LogP contribution in [-0.4, -0.2) is 17.2 Å². The molecule has 5 nitrogen and oxygen atoms in total. The molecule has 10 heteroatoms. The third kappa shape index (κ3) is 7.16. The predicted octanol–water partition coefficient (Wildman–Crippen LogP) is 7.12. The second-order valence-corrected chi connectivity index (χ2v) is 8.73. The Balaban J connectivity index is 1.56. The number of benzene rings is 3. The zero-order chi connectivity index (χ0) is 24.0. The number of alkyl halides is 3. The molecule has 33 heavy (non-hydrogen) atoms. The SMILES string of the molecule is CC(Sc1ccc(NC(=O)Nc2ccccc2)cc1)C(=O)Nc1cc(C(F)(F)F)ccc1Cl. The largest absolute Gasteiger partial charge is 0.416 e. The molecule has 0 saturated heterocycles. The highest BCUT2D eigenvalue weighted by Gasteiger charge is 2.31. The molecule has 3 rings (SSSR count). The van der Waals surface area contributed by atoms with Gasteiger partial charge in [-0.1, -0.05) is 29.8 Å². The number of thioether (sulfide) groups is 1. The molecule has 0 fully saturated rings. The summed E-state index contributed by atoms with van der Waals surface area (Å²) < 4.78 is 38.7. The third-order valence-electron chi connectivity index (χ3n) is 4.38. The minimum atomic E-state index is -4.54. The van der Waals surface area contributed by atoms with E-state index < -0.39 is 28.9 Å². The highest BCUT2D eigenvalue weighted by atomic mass is 35.5. The summed E-state index contributed by atoms with van der Waals surface area (Å²) in [6.07, 6.45) is -4.54. The zero-order valence-electron chi connectivity index (χ0n) is 17.2. The fourth-order valence-corrected chi connectivity index (χ4v) is 3.75. The molecule has 0 radical (unpaired) electrons. The molecule has 1 unspecified atom stereocenters. The summed E-state index contributed by atoms with van der Waals surface area (Å²) in [5.41, 5.74) is 0.207. The standard InChI is InChI=1S/C23H19ClF3N3O2S/c1-14(21(31)30-20-13-15(23(25,26)27)7-12-19(20)24)33-18-10-8-17(9-11-18)29-22(32)28-16-5-3-2-4-6-16/h2-14H,1H3,(H,30,31)(H2,28,29,32). The molecule has 1 atom stereocenters. The van der Waals surface area contributed by atoms with Gasteiger partial charge in [0.1, 0.15) is 0 Å². The molecule has 3 N–H and O–H groups in total. The Labute approximate surface area is 197 Å². The van der Waals surface area contributed by atoms with E-state index in [9.17, 15) is 22.8 Å². The summed E-state index contributed by atoms with van der Waals surface area (Å²) in [6, 6.07) is 18.1. The summed E-state index contributed by atoms with van der Waals surface area (Å²) >= 11 is 7.15. The van der Waals surface area contributed by atoms with Gasteiger partial charge in [-0.05, 0) is 61.5 Å². The number of anilines is 3. The number of hydrogen-bond acceptors (Lipinski definition) is 3. The monoisotopic (exact) mass is 493 g/mol. The summed E-state index contributed by atoms with van der Waals surface area (Å²) in [6.45, 7) is 1.63. The minimum absolute atomic E-state index is 0.0118. The highest BCUT2D eigenvalue weighted by molar-refractivity contribution is 8.00. The number of nitrogens with one attached hydrogen (secondary N) is 3. The van der Waals surface area contributed by atoms with Gasteiger partial charge >= 0.3 is 12.2 Å². The molecule has 0 aliphatic heterocycles. The fourth-order valence-electron chi connectivity index (χ4n) is 2.72. The first-order valence-electron chi connectivity index (χ1n) is 9.69. The van der Waals surface area contributed by atoms with Crippen LogP contribution in [-0.2, 0) is 11.0 Å². The van der Waals surface area contributed by atoms with Crippen molar-refractivity contribution >= 4 is 52.4 Å². The van der Waals surface area contributed by atoms with Gasteiger partial charge in [-0.15, -0.1) is 11.8 Å².